The first-order chi connectivity index (χ1) is 7.99. The molecule has 0 saturated carbocycles. The third-order valence-corrected chi connectivity index (χ3v) is 2.07. The van der Waals surface area contributed by atoms with Crippen LogP contribution in [-0.2, 0) is 0 Å². The van der Waals surface area contributed by atoms with Gasteiger partial charge in [-0.05, 0) is 7.05 Å². The predicted molar refractivity (Wildman–Crippen MR) is 64.2 cm³/mol. The fourth-order valence-corrected chi connectivity index (χ4v) is 1.20. The third kappa shape index (κ3) is 3.47. The topological polar surface area (TPSA) is 91.6 Å². The number of hydrogen-bond donors (Lipinski definition) is 3. The van der Waals surface area contributed by atoms with Crippen molar-refractivity contribution in [2.24, 2.45) is 0 Å². The molecule has 0 unspecified atom stereocenters. The molecule has 0 atom stereocenters. The van der Waals surface area contributed by atoms with Crippen LogP contribution in [0.25, 0.3) is 0 Å². The van der Waals surface area contributed by atoms with Gasteiger partial charge in [0.15, 0.2) is 10.9 Å². The van der Waals surface area contributed by atoms with Gasteiger partial charge in [-0.1, -0.05) is 25.4 Å². The van der Waals surface area contributed by atoms with Gasteiger partial charge in [0.1, 0.15) is 5.69 Å². The third-order valence-electron chi connectivity index (χ3n) is 1.73. The molecule has 1 aromatic heterocycles. The van der Waals surface area contributed by atoms with Crippen LogP contribution in [0.2, 0.25) is 5.15 Å². The van der Waals surface area contributed by atoms with Crippen molar-refractivity contribution < 1.29 is 15.1 Å². The van der Waals surface area contributed by atoms with E-state index in [1.165, 1.54) is 0 Å². The zero-order valence-electron chi connectivity index (χ0n) is 9.82. The Kier molecular flexibility index (Phi) is 6.30. The van der Waals surface area contributed by atoms with E-state index in [1.54, 1.807) is 7.05 Å². The predicted octanol–water partition coefficient (Wildman–Crippen LogP) is 0.873. The molecule has 0 aliphatic heterocycles. The minimum atomic E-state index is -0.815. The molecular weight excluding hydrogens is 248 g/mol. The highest BCUT2D eigenvalue weighted by molar-refractivity contribution is 6.31. The molecule has 0 bridgehead atoms. The second-order valence-electron chi connectivity index (χ2n) is 2.80. The van der Waals surface area contributed by atoms with Crippen molar-refractivity contribution in [2.45, 2.75) is 13.8 Å². The molecule has 1 rings (SSSR count). The summed E-state index contributed by atoms with van der Waals surface area (Å²) < 4.78 is 0.276. The molecule has 0 aromatic carbocycles. The summed E-state index contributed by atoms with van der Waals surface area (Å²) in [5, 5.41) is 20.4. The number of ketones is 1. The maximum Gasteiger partial charge on any atom is 0.225 e. The minimum absolute atomic E-state index is 0.0545. The van der Waals surface area contributed by atoms with E-state index in [1.807, 2.05) is 13.8 Å². The molecule has 1 aromatic rings. The first-order valence-corrected chi connectivity index (χ1v) is 5.38. The van der Waals surface area contributed by atoms with Crippen LogP contribution >= 0.6 is 11.6 Å². The van der Waals surface area contributed by atoms with Crippen molar-refractivity contribution in [3.05, 3.63) is 27.1 Å². The van der Waals surface area contributed by atoms with Gasteiger partial charge in [-0.3, -0.25) is 9.59 Å². The van der Waals surface area contributed by atoms with E-state index < -0.39 is 22.1 Å². The number of hydrogen-bond acceptors (Lipinski definition) is 5. The molecule has 0 saturated heterocycles. The lowest BCUT2D eigenvalue weighted by Crippen LogP contribution is -2.24. The molecule has 1 heterocycles. The fourth-order valence-electron chi connectivity index (χ4n) is 1.01. The Morgan fingerprint density at radius 2 is 2.06 bits per heavy atom. The number of halogens is 1. The molecular formula is C10H15ClN2O4. The normalized spacial score (nSPS) is 9.41. The van der Waals surface area contributed by atoms with Crippen LogP contribution in [0, 0.1) is 0 Å². The average Bonchev–Trinajstić information content (AvgIpc) is 2.34. The van der Waals surface area contributed by atoms with Crippen molar-refractivity contribution in [1.29, 1.82) is 0 Å². The highest BCUT2D eigenvalue weighted by Crippen LogP contribution is 2.18. The monoisotopic (exact) mass is 262 g/mol. The van der Waals surface area contributed by atoms with Gasteiger partial charge in [0.25, 0.3) is 0 Å². The summed E-state index contributed by atoms with van der Waals surface area (Å²) in [6.45, 7) is 3.95. The molecule has 0 radical (unpaired) electrons. The zero-order valence-corrected chi connectivity index (χ0v) is 10.6. The van der Waals surface area contributed by atoms with Gasteiger partial charge in [-0.25, -0.2) is 0 Å². The van der Waals surface area contributed by atoms with E-state index in [4.69, 9.17) is 16.7 Å². The maximum atomic E-state index is 11.4. The summed E-state index contributed by atoms with van der Waals surface area (Å²) in [5.41, 5.74) is -1.10. The van der Waals surface area contributed by atoms with Crippen molar-refractivity contribution in [1.82, 2.24) is 10.0 Å². The number of Topliss-reactive ketones (excluding diaryl/α,β-unsaturated/α-hetero) is 1. The molecule has 3 N–H and O–H groups in total. The van der Waals surface area contributed by atoms with Gasteiger partial charge in [0.05, 0.1) is 6.54 Å². The number of likely N-dealkylation sites (N-methyl/N-ethyl adjacent to an activating group) is 1. The van der Waals surface area contributed by atoms with Crippen molar-refractivity contribution in [3.63, 3.8) is 0 Å². The Balaban J connectivity index is 0.00000121. The number of pyridine rings is 1. The molecule has 0 aliphatic rings. The van der Waals surface area contributed by atoms with Crippen LogP contribution < -0.4 is 10.7 Å². The lowest BCUT2D eigenvalue weighted by atomic mass is 10.2. The quantitative estimate of drug-likeness (QED) is 0.427. The van der Waals surface area contributed by atoms with Gasteiger partial charge >= 0.3 is 0 Å². The Morgan fingerprint density at radius 3 is 2.53 bits per heavy atom. The summed E-state index contributed by atoms with van der Waals surface area (Å²) in [4.78, 5) is 22.4. The van der Waals surface area contributed by atoms with Gasteiger partial charge in [0.2, 0.25) is 11.2 Å². The van der Waals surface area contributed by atoms with E-state index >= 15 is 0 Å². The molecule has 0 spiro atoms. The number of carbonyl (C=O) groups is 1. The number of aromatic nitrogens is 1. The maximum absolute atomic E-state index is 11.4. The number of nitrogens with one attached hydrogen (secondary N) is 1. The summed E-state index contributed by atoms with van der Waals surface area (Å²) in [6, 6.07) is 0.820. The van der Waals surface area contributed by atoms with Crippen molar-refractivity contribution in [2.75, 3.05) is 13.6 Å². The van der Waals surface area contributed by atoms with E-state index in [-0.39, 0.29) is 17.0 Å². The van der Waals surface area contributed by atoms with Crippen LogP contribution in [0.1, 0.15) is 24.3 Å². The smallest absolute Gasteiger partial charge is 0.225 e. The van der Waals surface area contributed by atoms with Crippen molar-refractivity contribution >= 4 is 17.4 Å². The molecule has 17 heavy (non-hydrogen) atoms. The van der Waals surface area contributed by atoms with Gasteiger partial charge < -0.3 is 15.6 Å². The summed E-state index contributed by atoms with van der Waals surface area (Å²) in [6.07, 6.45) is 0. The standard InChI is InChI=1S/C8H9ClN2O4.C2H6/c1-10-3-6(13)4-2-5(12)7(14)8(9)11(4)15;1-2/h2,10,14-15H,3H2,1H3;1-2H3. The second kappa shape index (κ2) is 6.93. The van der Waals surface area contributed by atoms with Crippen LogP contribution in [0.4, 0.5) is 0 Å². The molecule has 6 nitrogen and oxygen atoms in total. The summed E-state index contributed by atoms with van der Waals surface area (Å²) in [7, 11) is 1.54. The highest BCUT2D eigenvalue weighted by Gasteiger charge is 2.17. The molecule has 96 valence electrons. The Morgan fingerprint density at radius 1 is 1.53 bits per heavy atom. The molecule has 7 heteroatoms. The number of carbonyl (C=O) groups excluding carboxylic acids is 1. The Bertz CT molecular complexity index is 456. The van der Waals surface area contributed by atoms with Crippen LogP contribution in [0.5, 0.6) is 5.75 Å². The first kappa shape index (κ1) is 15.5. The van der Waals surface area contributed by atoms with Crippen LogP contribution in [0.3, 0.4) is 0 Å². The lowest BCUT2D eigenvalue weighted by molar-refractivity contribution is 0.0938. The minimum Gasteiger partial charge on any atom is -0.502 e. The molecule has 0 fully saturated rings. The number of nitrogens with zero attached hydrogens (tertiary/aromatic N) is 1. The van der Waals surface area contributed by atoms with E-state index in [0.717, 1.165) is 6.07 Å². The molecule has 0 aliphatic carbocycles. The SMILES string of the molecule is CC.CNCC(=O)c1cc(=O)c(O)c(Cl)n1O. The van der Waals surface area contributed by atoms with Gasteiger partial charge in [0, 0.05) is 6.07 Å². The zero-order chi connectivity index (χ0) is 13.6. The van der Waals surface area contributed by atoms with Crippen LogP contribution in [-0.4, -0.2) is 34.4 Å². The summed E-state index contributed by atoms with van der Waals surface area (Å²) in [5.74, 6) is -1.31. The van der Waals surface area contributed by atoms with Gasteiger partial charge in [-0.2, -0.15) is 4.73 Å². The lowest BCUT2D eigenvalue weighted by Gasteiger charge is -2.08. The van der Waals surface area contributed by atoms with Gasteiger partial charge in [-0.15, -0.1) is 0 Å². The highest BCUT2D eigenvalue weighted by atomic mass is 35.5. The fraction of sp³-hybridized carbons (Fsp3) is 0.400. The largest absolute Gasteiger partial charge is 0.502 e. The van der Waals surface area contributed by atoms with Crippen molar-refractivity contribution in [3.8, 4) is 5.75 Å². The molecule has 0 amide bonds. The summed E-state index contributed by atoms with van der Waals surface area (Å²) >= 11 is 5.42. The second-order valence-corrected chi connectivity index (χ2v) is 3.16. The number of rotatable bonds is 3. The van der Waals surface area contributed by atoms with E-state index in [9.17, 15) is 14.8 Å². The Hall–Kier alpha value is -1.53. The Labute approximate surface area is 103 Å². The first-order valence-electron chi connectivity index (χ1n) is 5.00. The van der Waals surface area contributed by atoms with E-state index in [0.29, 0.717) is 0 Å². The van der Waals surface area contributed by atoms with Crippen LogP contribution in [0.15, 0.2) is 10.9 Å². The van der Waals surface area contributed by atoms with E-state index in [2.05, 4.69) is 5.32 Å². The number of aromatic hydroxyl groups is 1. The average molecular weight is 263 g/mol.